The summed E-state index contributed by atoms with van der Waals surface area (Å²) >= 11 is 5.99. The van der Waals surface area contributed by atoms with Gasteiger partial charge in [-0.25, -0.2) is 0 Å². The summed E-state index contributed by atoms with van der Waals surface area (Å²) in [5.74, 6) is 0. The van der Waals surface area contributed by atoms with E-state index in [0.717, 1.165) is 23.4 Å². The van der Waals surface area contributed by atoms with Gasteiger partial charge in [-0.05, 0) is 37.3 Å². The number of nitrogens with zero attached hydrogens (tertiary/aromatic N) is 2. The van der Waals surface area contributed by atoms with Crippen LogP contribution in [0.3, 0.4) is 0 Å². The van der Waals surface area contributed by atoms with Crippen molar-refractivity contribution >= 4 is 23.6 Å². The van der Waals surface area contributed by atoms with Crippen LogP contribution in [0, 0.1) is 6.92 Å². The molecule has 0 amide bonds. The molecule has 4 heteroatoms. The maximum absolute atomic E-state index is 11.1. The monoisotopic (exact) mass is 274 g/mol. The first kappa shape index (κ1) is 13.6. The summed E-state index contributed by atoms with van der Waals surface area (Å²) in [6.07, 6.45) is 0.839. The number of halogens is 1. The van der Waals surface area contributed by atoms with E-state index in [1.54, 1.807) is 18.2 Å². The molecule has 0 spiro atoms. The molecule has 0 saturated heterocycles. The second kappa shape index (κ2) is 5.85. The molecule has 0 atom stereocenters. The highest BCUT2D eigenvalue weighted by Crippen LogP contribution is 2.24. The molecule has 0 fully saturated rings. The summed E-state index contributed by atoms with van der Waals surface area (Å²) in [7, 11) is 1.92. The molecule has 3 nitrogen and oxygen atoms in total. The maximum atomic E-state index is 11.1. The number of hydrogen-bond donors (Lipinski definition) is 0. The molecular formula is C15H15ClN2O. The molecule has 0 aliphatic rings. The first-order chi connectivity index (χ1) is 9.10. The molecule has 0 saturated carbocycles. The first-order valence-electron chi connectivity index (χ1n) is 5.98. The zero-order valence-corrected chi connectivity index (χ0v) is 11.7. The molecule has 19 heavy (non-hydrogen) atoms. The Labute approximate surface area is 117 Å². The maximum Gasteiger partial charge on any atom is 0.152 e. The van der Waals surface area contributed by atoms with Crippen LogP contribution in [0.5, 0.6) is 0 Å². The quantitative estimate of drug-likeness (QED) is 0.800. The van der Waals surface area contributed by atoms with E-state index in [4.69, 9.17) is 11.6 Å². The molecule has 0 unspecified atom stereocenters. The third-order valence-corrected chi connectivity index (χ3v) is 3.11. The molecule has 0 radical (unpaired) electrons. The Morgan fingerprint density at radius 1 is 1.32 bits per heavy atom. The smallest absolute Gasteiger partial charge is 0.152 e. The molecule has 0 aliphatic carbocycles. The van der Waals surface area contributed by atoms with E-state index in [-0.39, 0.29) is 0 Å². The van der Waals surface area contributed by atoms with Crippen molar-refractivity contribution in [2.45, 2.75) is 13.5 Å². The van der Waals surface area contributed by atoms with E-state index in [1.807, 2.05) is 37.1 Å². The Bertz CT molecular complexity index is 598. The molecule has 1 aromatic carbocycles. The fraction of sp³-hybridized carbons (Fsp3) is 0.200. The van der Waals surface area contributed by atoms with Crippen LogP contribution in [0.2, 0.25) is 5.02 Å². The molecule has 1 aromatic heterocycles. The van der Waals surface area contributed by atoms with Crippen LogP contribution in [-0.4, -0.2) is 18.3 Å². The Balaban J connectivity index is 2.26. The molecule has 0 bridgehead atoms. The number of aldehydes is 1. The number of hydrogen-bond acceptors (Lipinski definition) is 3. The lowest BCUT2D eigenvalue weighted by Crippen LogP contribution is -2.18. The summed E-state index contributed by atoms with van der Waals surface area (Å²) in [6.45, 7) is 2.59. The zero-order valence-electron chi connectivity index (χ0n) is 10.9. The molecule has 0 aliphatic heterocycles. The van der Waals surface area contributed by atoms with Crippen molar-refractivity contribution in [2.24, 2.45) is 0 Å². The Hall–Kier alpha value is -1.87. The van der Waals surface area contributed by atoms with Gasteiger partial charge in [0.15, 0.2) is 6.29 Å². The predicted octanol–water partition coefficient (Wildman–Crippen LogP) is 3.49. The number of aryl methyl sites for hydroxylation is 1. The van der Waals surface area contributed by atoms with E-state index < -0.39 is 0 Å². The van der Waals surface area contributed by atoms with Crippen LogP contribution in [0.15, 0.2) is 36.4 Å². The molecule has 1 heterocycles. The number of aromatic nitrogens is 1. The summed E-state index contributed by atoms with van der Waals surface area (Å²) < 4.78 is 0. The van der Waals surface area contributed by atoms with Crippen molar-refractivity contribution in [3.05, 3.63) is 58.4 Å². The highest BCUT2D eigenvalue weighted by molar-refractivity contribution is 6.31. The molecular weight excluding hydrogens is 260 g/mol. The van der Waals surface area contributed by atoms with Gasteiger partial charge >= 0.3 is 0 Å². The average Bonchev–Trinajstić information content (AvgIpc) is 2.38. The summed E-state index contributed by atoms with van der Waals surface area (Å²) in [5, 5.41) is 0.615. The lowest BCUT2D eigenvalue weighted by Gasteiger charge is -2.21. The van der Waals surface area contributed by atoms with Crippen molar-refractivity contribution in [2.75, 3.05) is 11.9 Å². The fourth-order valence-electron chi connectivity index (χ4n) is 1.96. The SMILES string of the molecule is Cc1cccc(CN(C)c2cc(Cl)ccc2C=O)n1. The Morgan fingerprint density at radius 3 is 2.79 bits per heavy atom. The van der Waals surface area contributed by atoms with Gasteiger partial charge in [0.2, 0.25) is 0 Å². The second-order valence-corrected chi connectivity index (χ2v) is 4.88. The minimum Gasteiger partial charge on any atom is -0.368 e. The Morgan fingerprint density at radius 2 is 2.11 bits per heavy atom. The van der Waals surface area contributed by atoms with Crippen molar-refractivity contribution in [3.8, 4) is 0 Å². The highest BCUT2D eigenvalue weighted by atomic mass is 35.5. The number of carbonyl (C=O) groups excluding carboxylic acids is 1. The average molecular weight is 275 g/mol. The largest absolute Gasteiger partial charge is 0.368 e. The third kappa shape index (κ3) is 3.32. The summed E-state index contributed by atoms with van der Waals surface area (Å²) in [6, 6.07) is 11.1. The van der Waals surface area contributed by atoms with E-state index in [1.165, 1.54) is 0 Å². The third-order valence-electron chi connectivity index (χ3n) is 2.88. The van der Waals surface area contributed by atoms with Gasteiger partial charge in [-0.2, -0.15) is 0 Å². The number of pyridine rings is 1. The van der Waals surface area contributed by atoms with Gasteiger partial charge < -0.3 is 4.90 Å². The van der Waals surface area contributed by atoms with Crippen LogP contribution in [0.1, 0.15) is 21.7 Å². The van der Waals surface area contributed by atoms with E-state index in [9.17, 15) is 4.79 Å². The Kier molecular flexibility index (Phi) is 4.17. The van der Waals surface area contributed by atoms with Gasteiger partial charge in [0, 0.05) is 29.0 Å². The van der Waals surface area contributed by atoms with Crippen molar-refractivity contribution < 1.29 is 4.79 Å². The van der Waals surface area contributed by atoms with Crippen LogP contribution in [0.25, 0.3) is 0 Å². The van der Waals surface area contributed by atoms with Gasteiger partial charge in [0.05, 0.1) is 12.2 Å². The van der Waals surface area contributed by atoms with Gasteiger partial charge in [-0.3, -0.25) is 9.78 Å². The van der Waals surface area contributed by atoms with Gasteiger partial charge in [-0.1, -0.05) is 17.7 Å². The van der Waals surface area contributed by atoms with Gasteiger partial charge in [0.1, 0.15) is 0 Å². The van der Waals surface area contributed by atoms with Crippen molar-refractivity contribution in [1.29, 1.82) is 0 Å². The summed E-state index contributed by atoms with van der Waals surface area (Å²) in [5.41, 5.74) is 3.37. The normalized spacial score (nSPS) is 10.3. The molecule has 98 valence electrons. The predicted molar refractivity (Wildman–Crippen MR) is 77.9 cm³/mol. The summed E-state index contributed by atoms with van der Waals surface area (Å²) in [4.78, 5) is 17.5. The lowest BCUT2D eigenvalue weighted by molar-refractivity contribution is 0.112. The van der Waals surface area contributed by atoms with Crippen LogP contribution >= 0.6 is 11.6 Å². The van der Waals surface area contributed by atoms with Crippen LogP contribution in [-0.2, 0) is 6.54 Å². The van der Waals surface area contributed by atoms with E-state index >= 15 is 0 Å². The van der Waals surface area contributed by atoms with Crippen molar-refractivity contribution in [1.82, 2.24) is 4.98 Å². The minimum absolute atomic E-state index is 0.615. The van der Waals surface area contributed by atoms with Crippen LogP contribution in [0.4, 0.5) is 5.69 Å². The number of anilines is 1. The van der Waals surface area contributed by atoms with Crippen LogP contribution < -0.4 is 4.90 Å². The van der Waals surface area contributed by atoms with Gasteiger partial charge in [0.25, 0.3) is 0 Å². The fourth-order valence-corrected chi connectivity index (χ4v) is 2.13. The van der Waals surface area contributed by atoms with Gasteiger partial charge in [-0.15, -0.1) is 0 Å². The van der Waals surface area contributed by atoms with Crippen molar-refractivity contribution in [3.63, 3.8) is 0 Å². The number of carbonyl (C=O) groups is 1. The minimum atomic E-state index is 0.615. The molecule has 2 rings (SSSR count). The second-order valence-electron chi connectivity index (χ2n) is 4.45. The number of rotatable bonds is 4. The molecule has 0 N–H and O–H groups in total. The van der Waals surface area contributed by atoms with E-state index in [2.05, 4.69) is 4.98 Å². The standard InChI is InChI=1S/C15H15ClN2O/c1-11-4-3-5-14(17-11)9-18(2)15-8-13(16)7-6-12(15)10-19/h3-8,10H,9H2,1-2H3. The molecule has 2 aromatic rings. The van der Waals surface area contributed by atoms with E-state index in [0.29, 0.717) is 17.1 Å². The topological polar surface area (TPSA) is 33.2 Å². The first-order valence-corrected chi connectivity index (χ1v) is 6.36. The number of benzene rings is 1. The highest BCUT2D eigenvalue weighted by Gasteiger charge is 2.09. The lowest BCUT2D eigenvalue weighted by atomic mass is 10.1. The zero-order chi connectivity index (χ0) is 13.8.